The Morgan fingerprint density at radius 2 is 1.53 bits per heavy atom. The molecule has 0 aromatic heterocycles. The Bertz CT molecular complexity index is 573. The van der Waals surface area contributed by atoms with Crippen LogP contribution >= 0.6 is 0 Å². The predicted octanol–water partition coefficient (Wildman–Crippen LogP) is 3.18. The molecular formula is C14H16O3. The van der Waals surface area contributed by atoms with Crippen molar-refractivity contribution in [1.82, 2.24) is 0 Å². The first-order valence-electron chi connectivity index (χ1n) is 5.43. The lowest BCUT2D eigenvalue weighted by atomic mass is 10.0. The summed E-state index contributed by atoms with van der Waals surface area (Å²) >= 11 is 0. The smallest absolute Gasteiger partial charge is 0.161 e. The highest BCUT2D eigenvalue weighted by Gasteiger charge is 2.11. The van der Waals surface area contributed by atoms with Gasteiger partial charge in [-0.1, -0.05) is 6.07 Å². The zero-order chi connectivity index (χ0) is 12.6. The summed E-state index contributed by atoms with van der Waals surface area (Å²) in [4.78, 5) is 0. The van der Waals surface area contributed by atoms with E-state index in [2.05, 4.69) is 0 Å². The number of fused-ring (bicyclic) bond motifs is 1. The SMILES string of the molecule is COc1cc2cc(C)c(C)c(O)c2cc1OC. The van der Waals surface area contributed by atoms with Gasteiger partial charge in [0.05, 0.1) is 14.2 Å². The Morgan fingerprint density at radius 1 is 0.941 bits per heavy atom. The van der Waals surface area contributed by atoms with E-state index in [1.54, 1.807) is 20.3 Å². The van der Waals surface area contributed by atoms with E-state index in [0.717, 1.165) is 21.9 Å². The molecule has 0 bridgehead atoms. The highest BCUT2D eigenvalue weighted by molar-refractivity contribution is 5.92. The highest BCUT2D eigenvalue weighted by atomic mass is 16.5. The van der Waals surface area contributed by atoms with E-state index in [1.165, 1.54) is 0 Å². The molecule has 1 N–H and O–H groups in total. The van der Waals surface area contributed by atoms with Gasteiger partial charge < -0.3 is 14.6 Å². The van der Waals surface area contributed by atoms with Gasteiger partial charge in [0.1, 0.15) is 5.75 Å². The average molecular weight is 232 g/mol. The summed E-state index contributed by atoms with van der Waals surface area (Å²) in [6.45, 7) is 3.88. The molecular weight excluding hydrogens is 216 g/mol. The van der Waals surface area contributed by atoms with Crippen LogP contribution in [-0.4, -0.2) is 19.3 Å². The number of ether oxygens (including phenoxy) is 2. The number of benzene rings is 2. The van der Waals surface area contributed by atoms with Crippen molar-refractivity contribution in [1.29, 1.82) is 0 Å². The zero-order valence-electron chi connectivity index (χ0n) is 10.5. The van der Waals surface area contributed by atoms with Gasteiger partial charge in [-0.2, -0.15) is 0 Å². The van der Waals surface area contributed by atoms with Crippen LogP contribution in [0.25, 0.3) is 10.8 Å². The molecule has 3 heteroatoms. The van der Waals surface area contributed by atoms with Crippen LogP contribution in [0.5, 0.6) is 17.2 Å². The van der Waals surface area contributed by atoms with E-state index in [4.69, 9.17) is 9.47 Å². The monoisotopic (exact) mass is 232 g/mol. The lowest BCUT2D eigenvalue weighted by Gasteiger charge is -2.12. The van der Waals surface area contributed by atoms with Crippen molar-refractivity contribution < 1.29 is 14.6 Å². The molecule has 3 nitrogen and oxygen atoms in total. The predicted molar refractivity (Wildman–Crippen MR) is 68.2 cm³/mol. The summed E-state index contributed by atoms with van der Waals surface area (Å²) in [5.74, 6) is 1.60. The van der Waals surface area contributed by atoms with E-state index >= 15 is 0 Å². The molecule has 0 heterocycles. The van der Waals surface area contributed by atoms with Crippen molar-refractivity contribution in [2.45, 2.75) is 13.8 Å². The number of aryl methyl sites for hydroxylation is 1. The molecule has 0 radical (unpaired) electrons. The second kappa shape index (κ2) is 4.17. The maximum absolute atomic E-state index is 10.1. The molecule has 0 aliphatic carbocycles. The van der Waals surface area contributed by atoms with Gasteiger partial charge in [-0.15, -0.1) is 0 Å². The third kappa shape index (κ3) is 1.78. The van der Waals surface area contributed by atoms with Gasteiger partial charge >= 0.3 is 0 Å². The van der Waals surface area contributed by atoms with E-state index < -0.39 is 0 Å². The normalized spacial score (nSPS) is 10.6. The Kier molecular flexibility index (Phi) is 2.84. The third-order valence-electron chi connectivity index (χ3n) is 3.13. The molecule has 0 fully saturated rings. The molecule has 0 saturated carbocycles. The maximum Gasteiger partial charge on any atom is 0.161 e. The first-order valence-corrected chi connectivity index (χ1v) is 5.43. The second-order valence-corrected chi connectivity index (χ2v) is 4.10. The molecule has 0 saturated heterocycles. The van der Waals surface area contributed by atoms with Crippen LogP contribution in [0.1, 0.15) is 11.1 Å². The first-order chi connectivity index (χ1) is 8.08. The van der Waals surface area contributed by atoms with Crippen molar-refractivity contribution in [2.75, 3.05) is 14.2 Å². The van der Waals surface area contributed by atoms with Crippen LogP contribution in [0, 0.1) is 13.8 Å². The van der Waals surface area contributed by atoms with Crippen LogP contribution < -0.4 is 9.47 Å². The van der Waals surface area contributed by atoms with Crippen LogP contribution in [0.15, 0.2) is 18.2 Å². The van der Waals surface area contributed by atoms with Gasteiger partial charge in [0.2, 0.25) is 0 Å². The van der Waals surface area contributed by atoms with Crippen molar-refractivity contribution in [3.8, 4) is 17.2 Å². The molecule has 0 unspecified atom stereocenters. The van der Waals surface area contributed by atoms with Gasteiger partial charge in [-0.05, 0) is 42.5 Å². The fourth-order valence-electron chi connectivity index (χ4n) is 1.95. The maximum atomic E-state index is 10.1. The molecule has 0 spiro atoms. The van der Waals surface area contributed by atoms with E-state index in [9.17, 15) is 5.11 Å². The number of hydrogen-bond acceptors (Lipinski definition) is 3. The van der Waals surface area contributed by atoms with E-state index in [0.29, 0.717) is 17.2 Å². The Hall–Kier alpha value is -1.90. The third-order valence-corrected chi connectivity index (χ3v) is 3.13. The largest absolute Gasteiger partial charge is 0.507 e. The van der Waals surface area contributed by atoms with Crippen molar-refractivity contribution in [3.05, 3.63) is 29.3 Å². The van der Waals surface area contributed by atoms with Gasteiger partial charge in [-0.3, -0.25) is 0 Å². The lowest BCUT2D eigenvalue weighted by molar-refractivity contribution is 0.355. The fraction of sp³-hybridized carbons (Fsp3) is 0.286. The Labute approximate surface area is 101 Å². The Balaban J connectivity index is 2.83. The van der Waals surface area contributed by atoms with E-state index in [-0.39, 0.29) is 0 Å². The van der Waals surface area contributed by atoms with Crippen LogP contribution in [-0.2, 0) is 0 Å². The molecule has 0 aliphatic heterocycles. The van der Waals surface area contributed by atoms with Gasteiger partial charge in [0.15, 0.2) is 11.5 Å². The summed E-state index contributed by atoms with van der Waals surface area (Å²) in [6, 6.07) is 5.71. The molecule has 90 valence electrons. The number of phenols is 1. The van der Waals surface area contributed by atoms with Crippen LogP contribution in [0.2, 0.25) is 0 Å². The minimum absolute atomic E-state index is 0.306. The summed E-state index contributed by atoms with van der Waals surface area (Å²) in [6.07, 6.45) is 0. The second-order valence-electron chi connectivity index (χ2n) is 4.10. The number of aromatic hydroxyl groups is 1. The number of rotatable bonds is 2. The summed E-state index contributed by atoms with van der Waals surface area (Å²) in [5.41, 5.74) is 1.95. The van der Waals surface area contributed by atoms with Crippen molar-refractivity contribution in [2.24, 2.45) is 0 Å². The minimum atomic E-state index is 0.306. The molecule has 2 rings (SSSR count). The first kappa shape index (κ1) is 11.6. The number of phenolic OH excluding ortho intramolecular Hbond substituents is 1. The molecule has 0 amide bonds. The molecule has 2 aromatic rings. The highest BCUT2D eigenvalue weighted by Crippen LogP contribution is 2.38. The number of hydrogen-bond donors (Lipinski definition) is 1. The van der Waals surface area contributed by atoms with Crippen molar-refractivity contribution >= 4 is 10.8 Å². The molecule has 0 atom stereocenters. The average Bonchev–Trinajstić information content (AvgIpc) is 2.34. The van der Waals surface area contributed by atoms with Gasteiger partial charge in [0, 0.05) is 5.39 Å². The molecule has 17 heavy (non-hydrogen) atoms. The fourth-order valence-corrected chi connectivity index (χ4v) is 1.95. The lowest BCUT2D eigenvalue weighted by Crippen LogP contribution is -1.92. The minimum Gasteiger partial charge on any atom is -0.507 e. The molecule has 0 aliphatic rings. The van der Waals surface area contributed by atoms with Crippen LogP contribution in [0.4, 0.5) is 0 Å². The summed E-state index contributed by atoms with van der Waals surface area (Å²) in [5, 5.41) is 11.9. The summed E-state index contributed by atoms with van der Waals surface area (Å²) < 4.78 is 10.5. The molecule has 2 aromatic carbocycles. The standard InChI is InChI=1S/C14H16O3/c1-8-5-10-6-12(16-3)13(17-4)7-11(10)14(15)9(8)2/h5-7,15H,1-4H3. The quantitative estimate of drug-likeness (QED) is 0.864. The summed E-state index contributed by atoms with van der Waals surface area (Å²) in [7, 11) is 3.19. The van der Waals surface area contributed by atoms with Gasteiger partial charge in [0.25, 0.3) is 0 Å². The zero-order valence-corrected chi connectivity index (χ0v) is 10.5. The van der Waals surface area contributed by atoms with Gasteiger partial charge in [-0.25, -0.2) is 0 Å². The van der Waals surface area contributed by atoms with E-state index in [1.807, 2.05) is 26.0 Å². The van der Waals surface area contributed by atoms with Crippen molar-refractivity contribution in [3.63, 3.8) is 0 Å². The number of methoxy groups -OCH3 is 2. The topological polar surface area (TPSA) is 38.7 Å². The van der Waals surface area contributed by atoms with Crippen LogP contribution in [0.3, 0.4) is 0 Å². The Morgan fingerprint density at radius 3 is 2.12 bits per heavy atom.